The summed E-state index contributed by atoms with van der Waals surface area (Å²) >= 11 is 1.84. The van der Waals surface area contributed by atoms with Gasteiger partial charge in [0.25, 0.3) is 5.91 Å². The number of halogens is 2. The number of hydrogen-bond donors (Lipinski definition) is 4. The first-order valence-corrected chi connectivity index (χ1v) is 15.1. The normalized spacial score (nSPS) is 20.2. The summed E-state index contributed by atoms with van der Waals surface area (Å²) in [6, 6.07) is 4.31. The lowest BCUT2D eigenvalue weighted by Gasteiger charge is -2.29. The average molecular weight is 624 g/mol. The first-order chi connectivity index (χ1) is 16.7. The third kappa shape index (κ3) is 9.18. The van der Waals surface area contributed by atoms with Crippen molar-refractivity contribution in [3.8, 4) is 5.75 Å². The molecule has 1 aromatic rings. The Morgan fingerprint density at radius 1 is 1.20 bits per heavy atom. The Bertz CT molecular complexity index is 877. The Balaban J connectivity index is 0.000000251. The van der Waals surface area contributed by atoms with Gasteiger partial charge in [0.15, 0.2) is 5.75 Å². The first kappa shape index (κ1) is 29.8. The van der Waals surface area contributed by atoms with Crippen molar-refractivity contribution in [3.63, 3.8) is 0 Å². The highest BCUT2D eigenvalue weighted by Gasteiger charge is 2.39. The van der Waals surface area contributed by atoms with E-state index in [1.165, 1.54) is 55.2 Å². The van der Waals surface area contributed by atoms with Crippen LogP contribution in [0.1, 0.15) is 81.1 Å². The molecule has 8 nitrogen and oxygen atoms in total. The SMILES string of the molecule is CC(C)(O)CCNC1CCCCC1.O=C1CCC(N2Cc3cc(OF)ccc3C2=O)C(=O)N1.SI. The molecule has 2 fully saturated rings. The van der Waals surface area contributed by atoms with Crippen LogP contribution in [-0.4, -0.2) is 52.0 Å². The van der Waals surface area contributed by atoms with Crippen molar-refractivity contribution < 1.29 is 29.0 Å². The van der Waals surface area contributed by atoms with E-state index in [9.17, 15) is 24.0 Å². The summed E-state index contributed by atoms with van der Waals surface area (Å²) in [4.78, 5) is 40.2. The van der Waals surface area contributed by atoms with Crippen LogP contribution in [0.2, 0.25) is 0 Å². The number of imide groups is 1. The summed E-state index contributed by atoms with van der Waals surface area (Å²) in [7, 11) is 3.50. The Morgan fingerprint density at radius 3 is 2.49 bits per heavy atom. The predicted molar refractivity (Wildman–Crippen MR) is 143 cm³/mol. The molecule has 1 unspecified atom stereocenters. The molecule has 1 aromatic carbocycles. The molecule has 1 saturated heterocycles. The predicted octanol–water partition coefficient (Wildman–Crippen LogP) is 4.05. The number of nitrogens with zero attached hydrogens (tertiary/aromatic N) is 1. The molecular weight excluding hydrogens is 588 g/mol. The molecule has 2 heterocycles. The molecule has 3 N–H and O–H groups in total. The number of piperidine rings is 1. The number of carbonyl (C=O) groups excluding carboxylic acids is 3. The first-order valence-electron chi connectivity index (χ1n) is 11.9. The van der Waals surface area contributed by atoms with E-state index in [1.807, 2.05) is 35.1 Å². The van der Waals surface area contributed by atoms with Gasteiger partial charge >= 0.3 is 0 Å². The van der Waals surface area contributed by atoms with Crippen LogP contribution in [0.3, 0.4) is 0 Å². The third-order valence-corrected chi connectivity index (χ3v) is 6.36. The summed E-state index contributed by atoms with van der Waals surface area (Å²) < 4.78 is 12.1. The number of carbonyl (C=O) groups is 3. The van der Waals surface area contributed by atoms with Gasteiger partial charge in [-0.2, -0.15) is 0 Å². The number of amides is 3. The van der Waals surface area contributed by atoms with Crippen molar-refractivity contribution in [1.82, 2.24) is 15.5 Å². The Labute approximate surface area is 223 Å². The maximum Gasteiger partial charge on any atom is 0.255 e. The monoisotopic (exact) mass is 623 g/mol. The summed E-state index contributed by atoms with van der Waals surface area (Å²) in [6.07, 6.45) is 8.16. The van der Waals surface area contributed by atoms with Crippen molar-refractivity contribution in [2.75, 3.05) is 6.54 Å². The van der Waals surface area contributed by atoms with Crippen LogP contribution >= 0.6 is 31.0 Å². The summed E-state index contributed by atoms with van der Waals surface area (Å²) in [5.74, 6) is -1.07. The standard InChI is InChI=1S/C13H11FN2O4.C11H23NO.HIS/c14-20-8-1-2-9-7(5-8)6-16(13(9)19)10-3-4-11(17)15-12(10)18;1-11(2,13)8-9-12-10-6-4-3-5-7-10;1-2/h1-2,5,10H,3-4,6H2,(H,15,17,18);10,12-13H,3-9H2,1-2H3;2H. The molecule has 0 spiro atoms. The van der Waals surface area contributed by atoms with E-state index in [2.05, 4.69) is 25.4 Å². The van der Waals surface area contributed by atoms with Crippen molar-refractivity contribution >= 4 is 48.7 Å². The highest BCUT2D eigenvalue weighted by Crippen LogP contribution is 2.30. The van der Waals surface area contributed by atoms with Crippen molar-refractivity contribution in [2.45, 2.75) is 89.4 Å². The molecule has 1 atom stereocenters. The minimum Gasteiger partial charge on any atom is -0.390 e. The van der Waals surface area contributed by atoms with Crippen LogP contribution in [0.4, 0.5) is 4.53 Å². The van der Waals surface area contributed by atoms with Gasteiger partial charge in [-0.15, -0.1) is 9.80 Å². The van der Waals surface area contributed by atoms with Crippen molar-refractivity contribution in [1.29, 1.82) is 0 Å². The van der Waals surface area contributed by atoms with Gasteiger partial charge in [-0.25, -0.2) is 0 Å². The molecule has 3 aliphatic rings. The van der Waals surface area contributed by atoms with E-state index < -0.39 is 17.6 Å². The second-order valence-corrected chi connectivity index (χ2v) is 9.65. The Hall–Kier alpha value is -1.44. The third-order valence-electron chi connectivity index (χ3n) is 6.36. The molecule has 0 aromatic heterocycles. The molecule has 1 saturated carbocycles. The van der Waals surface area contributed by atoms with Gasteiger partial charge in [-0.3, -0.25) is 24.6 Å². The van der Waals surface area contributed by atoms with Gasteiger partial charge in [-0.05, 0) is 91.0 Å². The smallest absolute Gasteiger partial charge is 0.255 e. The van der Waals surface area contributed by atoms with E-state index in [1.54, 1.807) is 0 Å². The van der Waals surface area contributed by atoms with Crippen LogP contribution in [0.15, 0.2) is 18.2 Å². The molecule has 11 heteroatoms. The molecule has 4 rings (SSSR count). The topological polar surface area (TPSA) is 108 Å². The quantitative estimate of drug-likeness (QED) is 0.217. The molecule has 1 aliphatic carbocycles. The van der Waals surface area contributed by atoms with Gasteiger partial charge in [-0.1, -0.05) is 19.3 Å². The van der Waals surface area contributed by atoms with E-state index >= 15 is 0 Å². The fraction of sp³-hybridized carbons (Fsp3) is 0.625. The molecular formula is C24H35FIN3O5S. The minimum absolute atomic E-state index is 0.0154. The van der Waals surface area contributed by atoms with Gasteiger partial charge in [0.2, 0.25) is 11.8 Å². The summed E-state index contributed by atoms with van der Waals surface area (Å²) in [6.45, 7) is 4.90. The number of fused-ring (bicyclic) bond motifs is 1. The lowest BCUT2D eigenvalue weighted by atomic mass is 9.95. The van der Waals surface area contributed by atoms with Crippen LogP contribution in [0.25, 0.3) is 0 Å². The highest BCUT2D eigenvalue weighted by atomic mass is 127. The Kier molecular flexibility index (Phi) is 12.2. The highest BCUT2D eigenvalue weighted by molar-refractivity contribution is 14.2. The summed E-state index contributed by atoms with van der Waals surface area (Å²) in [5.41, 5.74) is 0.520. The number of thiol groups is 1. The molecule has 0 radical (unpaired) electrons. The fourth-order valence-electron chi connectivity index (χ4n) is 4.49. The van der Waals surface area contributed by atoms with Crippen LogP contribution in [0, 0.1) is 0 Å². The number of nitrogens with one attached hydrogen (secondary N) is 2. The summed E-state index contributed by atoms with van der Waals surface area (Å²) in [5, 5.41) is 15.2. The molecule has 2 aliphatic heterocycles. The van der Waals surface area contributed by atoms with Crippen molar-refractivity contribution in [3.05, 3.63) is 29.3 Å². The minimum atomic E-state index is -0.664. The number of benzene rings is 1. The number of aliphatic hydroxyl groups is 1. The molecule has 196 valence electrons. The van der Waals surface area contributed by atoms with E-state index in [4.69, 9.17) is 0 Å². The lowest BCUT2D eigenvalue weighted by molar-refractivity contribution is -0.136. The molecule has 35 heavy (non-hydrogen) atoms. The van der Waals surface area contributed by atoms with Crippen LogP contribution in [-0.2, 0) is 16.1 Å². The van der Waals surface area contributed by atoms with E-state index in [0.717, 1.165) is 19.0 Å². The zero-order chi connectivity index (χ0) is 26.0. The number of rotatable bonds is 6. The zero-order valence-electron chi connectivity index (χ0n) is 20.2. The largest absolute Gasteiger partial charge is 0.390 e. The zero-order valence-corrected chi connectivity index (χ0v) is 23.2. The van der Waals surface area contributed by atoms with E-state index in [0.29, 0.717) is 17.5 Å². The van der Waals surface area contributed by atoms with Gasteiger partial charge in [0.05, 0.1) is 5.60 Å². The number of hydrogen-bond acceptors (Lipinski definition) is 7. The van der Waals surface area contributed by atoms with E-state index in [-0.39, 0.29) is 30.5 Å². The maximum absolute atomic E-state index is 12.2. The second-order valence-electron chi connectivity index (χ2n) is 9.65. The van der Waals surface area contributed by atoms with Gasteiger partial charge < -0.3 is 15.3 Å². The van der Waals surface area contributed by atoms with Gasteiger partial charge in [0, 0.05) is 29.1 Å². The lowest BCUT2D eigenvalue weighted by Crippen LogP contribution is -2.52. The van der Waals surface area contributed by atoms with Crippen LogP contribution in [0.5, 0.6) is 5.75 Å². The molecule has 0 bridgehead atoms. The average Bonchev–Trinajstić information content (AvgIpc) is 3.16. The van der Waals surface area contributed by atoms with Crippen molar-refractivity contribution in [2.24, 2.45) is 0 Å². The second kappa shape index (κ2) is 14.3. The molecule has 3 amide bonds. The Morgan fingerprint density at radius 2 is 1.89 bits per heavy atom. The van der Waals surface area contributed by atoms with Gasteiger partial charge in [0.1, 0.15) is 6.04 Å². The van der Waals surface area contributed by atoms with Crippen LogP contribution < -0.4 is 15.6 Å². The maximum atomic E-state index is 12.2. The fourth-order valence-corrected chi connectivity index (χ4v) is 4.49.